The number of carbonyl (C=O) groups is 2. The van der Waals surface area contributed by atoms with Gasteiger partial charge in [-0.1, -0.05) is 0 Å². The van der Waals surface area contributed by atoms with Crippen molar-refractivity contribution in [3.8, 4) is 5.75 Å². The van der Waals surface area contributed by atoms with E-state index in [0.29, 0.717) is 18.0 Å². The summed E-state index contributed by atoms with van der Waals surface area (Å²) in [6.07, 6.45) is 0.288. The second-order valence-corrected chi connectivity index (χ2v) is 3.80. The Kier molecular flexibility index (Phi) is 3.66. The van der Waals surface area contributed by atoms with Crippen molar-refractivity contribution in [1.29, 1.82) is 0 Å². The highest BCUT2D eigenvalue weighted by Gasteiger charge is 2.15. The molecule has 18 heavy (non-hydrogen) atoms. The zero-order valence-electron chi connectivity index (χ0n) is 9.99. The van der Waals surface area contributed by atoms with Crippen LogP contribution in [0.25, 0.3) is 0 Å². The maximum Gasteiger partial charge on any atom is 0.307 e. The first-order valence-corrected chi connectivity index (χ1v) is 5.56. The van der Waals surface area contributed by atoms with Gasteiger partial charge in [0.1, 0.15) is 5.75 Å². The Morgan fingerprint density at radius 2 is 2.39 bits per heavy atom. The van der Waals surface area contributed by atoms with Crippen LogP contribution in [0, 0.1) is 0 Å². The number of ether oxygens (including phenoxy) is 2. The van der Waals surface area contributed by atoms with E-state index in [-0.39, 0.29) is 24.9 Å². The van der Waals surface area contributed by atoms with Crippen molar-refractivity contribution in [3.63, 3.8) is 0 Å². The van der Waals surface area contributed by atoms with E-state index in [4.69, 9.17) is 4.74 Å². The van der Waals surface area contributed by atoms with Crippen molar-refractivity contribution in [2.75, 3.05) is 30.9 Å². The third-order valence-corrected chi connectivity index (χ3v) is 2.50. The van der Waals surface area contributed by atoms with Crippen LogP contribution in [0.15, 0.2) is 18.2 Å². The van der Waals surface area contributed by atoms with Gasteiger partial charge in [-0.25, -0.2) is 0 Å². The van der Waals surface area contributed by atoms with Crippen molar-refractivity contribution in [2.45, 2.75) is 6.42 Å². The average Bonchev–Trinajstić information content (AvgIpc) is 2.38. The van der Waals surface area contributed by atoms with E-state index in [0.717, 1.165) is 5.69 Å². The summed E-state index contributed by atoms with van der Waals surface area (Å²) in [7, 11) is 1.36. The van der Waals surface area contributed by atoms with Gasteiger partial charge in [0.2, 0.25) is 0 Å². The molecule has 0 aromatic heterocycles. The van der Waals surface area contributed by atoms with Crippen LogP contribution in [-0.2, 0) is 14.3 Å². The minimum Gasteiger partial charge on any atom is -0.482 e. The minimum absolute atomic E-state index is 0.0438. The molecule has 1 aliphatic rings. The molecule has 1 amide bonds. The normalized spacial score (nSPS) is 13.1. The standard InChI is InChI=1S/C12H14N2O4/c1-17-12(16)4-5-13-8-2-3-10-9(6-8)14-11(15)7-18-10/h2-3,6,13H,4-5,7H2,1H3,(H,14,15). The zero-order chi connectivity index (χ0) is 13.0. The monoisotopic (exact) mass is 250 g/mol. The lowest BCUT2D eigenvalue weighted by molar-refractivity contribution is -0.140. The molecule has 1 aromatic rings. The number of hydrogen-bond donors (Lipinski definition) is 2. The van der Waals surface area contributed by atoms with E-state index in [1.807, 2.05) is 6.07 Å². The van der Waals surface area contributed by atoms with Crippen molar-refractivity contribution in [3.05, 3.63) is 18.2 Å². The summed E-state index contributed by atoms with van der Waals surface area (Å²) in [4.78, 5) is 22.1. The number of hydrogen-bond acceptors (Lipinski definition) is 5. The molecule has 0 radical (unpaired) electrons. The summed E-state index contributed by atoms with van der Waals surface area (Å²) in [5.41, 5.74) is 1.44. The number of anilines is 2. The van der Waals surface area contributed by atoms with Crippen molar-refractivity contribution < 1.29 is 19.1 Å². The van der Waals surface area contributed by atoms with Gasteiger partial charge in [0, 0.05) is 12.2 Å². The molecular formula is C12H14N2O4. The van der Waals surface area contributed by atoms with Gasteiger partial charge in [0.25, 0.3) is 5.91 Å². The fraction of sp³-hybridized carbons (Fsp3) is 0.333. The Labute approximate surface area is 104 Å². The zero-order valence-corrected chi connectivity index (χ0v) is 9.99. The average molecular weight is 250 g/mol. The lowest BCUT2D eigenvalue weighted by atomic mass is 10.2. The van der Waals surface area contributed by atoms with Gasteiger partial charge in [-0.3, -0.25) is 9.59 Å². The Bertz CT molecular complexity index is 473. The first-order chi connectivity index (χ1) is 8.69. The number of benzene rings is 1. The van der Waals surface area contributed by atoms with Gasteiger partial charge < -0.3 is 20.1 Å². The molecule has 0 saturated carbocycles. The lowest BCUT2D eigenvalue weighted by Crippen LogP contribution is -2.25. The van der Waals surface area contributed by atoms with E-state index in [1.54, 1.807) is 12.1 Å². The second-order valence-electron chi connectivity index (χ2n) is 3.80. The molecule has 6 heteroatoms. The van der Waals surface area contributed by atoms with E-state index >= 15 is 0 Å². The third kappa shape index (κ3) is 2.91. The molecule has 6 nitrogen and oxygen atoms in total. The molecule has 0 saturated heterocycles. The van der Waals surface area contributed by atoms with E-state index in [2.05, 4.69) is 15.4 Å². The molecule has 0 aliphatic carbocycles. The smallest absolute Gasteiger partial charge is 0.307 e. The molecule has 0 atom stereocenters. The Balaban J connectivity index is 1.96. The summed E-state index contributed by atoms with van der Waals surface area (Å²) in [6, 6.07) is 5.37. The van der Waals surface area contributed by atoms with Gasteiger partial charge in [-0.15, -0.1) is 0 Å². The molecule has 96 valence electrons. The fourth-order valence-corrected chi connectivity index (χ4v) is 1.60. The second kappa shape index (κ2) is 5.39. The Morgan fingerprint density at radius 1 is 1.56 bits per heavy atom. The number of methoxy groups -OCH3 is 1. The number of rotatable bonds is 4. The van der Waals surface area contributed by atoms with Crippen LogP contribution in [0.4, 0.5) is 11.4 Å². The predicted octanol–water partition coefficient (Wildman–Crippen LogP) is 0.992. The quantitative estimate of drug-likeness (QED) is 0.779. The molecule has 0 spiro atoms. The van der Waals surface area contributed by atoms with Crippen molar-refractivity contribution in [2.24, 2.45) is 0 Å². The number of fused-ring (bicyclic) bond motifs is 1. The van der Waals surface area contributed by atoms with Crippen LogP contribution in [0.1, 0.15) is 6.42 Å². The minimum atomic E-state index is -0.267. The summed E-state index contributed by atoms with van der Waals surface area (Å²) in [5, 5.41) is 5.78. The van der Waals surface area contributed by atoms with E-state index in [9.17, 15) is 9.59 Å². The van der Waals surface area contributed by atoms with Gasteiger partial charge >= 0.3 is 5.97 Å². The largest absolute Gasteiger partial charge is 0.482 e. The Morgan fingerprint density at radius 3 is 3.17 bits per heavy atom. The summed E-state index contributed by atoms with van der Waals surface area (Å²) >= 11 is 0. The summed E-state index contributed by atoms with van der Waals surface area (Å²) in [6.45, 7) is 0.516. The highest BCUT2D eigenvalue weighted by atomic mass is 16.5. The third-order valence-electron chi connectivity index (χ3n) is 2.50. The fourth-order valence-electron chi connectivity index (χ4n) is 1.60. The molecular weight excluding hydrogens is 236 g/mol. The number of esters is 1. The predicted molar refractivity (Wildman–Crippen MR) is 65.7 cm³/mol. The van der Waals surface area contributed by atoms with Crippen LogP contribution >= 0.6 is 0 Å². The molecule has 2 N–H and O–H groups in total. The Hall–Kier alpha value is -2.24. The highest BCUT2D eigenvalue weighted by molar-refractivity contribution is 5.96. The van der Waals surface area contributed by atoms with Crippen LogP contribution in [0.2, 0.25) is 0 Å². The molecule has 0 unspecified atom stereocenters. The summed E-state index contributed by atoms with van der Waals surface area (Å²) in [5.74, 6) is 0.208. The topological polar surface area (TPSA) is 76.7 Å². The number of carbonyl (C=O) groups excluding carboxylic acids is 2. The summed E-state index contributed by atoms with van der Waals surface area (Å²) < 4.78 is 9.77. The highest BCUT2D eigenvalue weighted by Crippen LogP contribution is 2.30. The molecule has 1 heterocycles. The maximum absolute atomic E-state index is 11.2. The first kappa shape index (κ1) is 12.2. The lowest BCUT2D eigenvalue weighted by Gasteiger charge is -2.18. The van der Waals surface area contributed by atoms with Crippen LogP contribution in [0.5, 0.6) is 5.75 Å². The van der Waals surface area contributed by atoms with Crippen molar-refractivity contribution in [1.82, 2.24) is 0 Å². The molecule has 2 rings (SSSR count). The SMILES string of the molecule is COC(=O)CCNc1ccc2c(c1)NC(=O)CO2. The van der Waals surface area contributed by atoms with E-state index < -0.39 is 0 Å². The molecule has 0 bridgehead atoms. The van der Waals surface area contributed by atoms with Gasteiger partial charge in [-0.2, -0.15) is 0 Å². The first-order valence-electron chi connectivity index (χ1n) is 5.56. The van der Waals surface area contributed by atoms with Crippen LogP contribution in [-0.4, -0.2) is 32.1 Å². The molecule has 1 aliphatic heterocycles. The van der Waals surface area contributed by atoms with Gasteiger partial charge in [-0.05, 0) is 18.2 Å². The molecule has 1 aromatic carbocycles. The van der Waals surface area contributed by atoms with E-state index in [1.165, 1.54) is 7.11 Å². The van der Waals surface area contributed by atoms with Gasteiger partial charge in [0.05, 0.1) is 19.2 Å². The van der Waals surface area contributed by atoms with Crippen LogP contribution < -0.4 is 15.4 Å². The number of nitrogens with one attached hydrogen (secondary N) is 2. The number of amides is 1. The van der Waals surface area contributed by atoms with Gasteiger partial charge in [0.15, 0.2) is 6.61 Å². The molecule has 0 fully saturated rings. The van der Waals surface area contributed by atoms with Crippen molar-refractivity contribution >= 4 is 23.3 Å². The maximum atomic E-state index is 11.2. The van der Waals surface area contributed by atoms with Crippen LogP contribution in [0.3, 0.4) is 0 Å².